The van der Waals surface area contributed by atoms with Crippen molar-refractivity contribution in [2.45, 2.75) is 13.0 Å². The summed E-state index contributed by atoms with van der Waals surface area (Å²) < 4.78 is 27.6. The number of hydrogen-bond acceptors (Lipinski definition) is 11. The molecule has 192 valence electrons. The molecule has 1 aromatic heterocycles. The summed E-state index contributed by atoms with van der Waals surface area (Å²) in [5.74, 6) is -0.192. The van der Waals surface area contributed by atoms with E-state index in [-0.39, 0.29) is 22.0 Å². The molecular formula is C25H23N3O8S. The van der Waals surface area contributed by atoms with E-state index >= 15 is 0 Å². The van der Waals surface area contributed by atoms with E-state index in [9.17, 15) is 14.7 Å². The minimum absolute atomic E-state index is 0.135. The summed E-state index contributed by atoms with van der Waals surface area (Å²) in [7, 11) is 4.39. The van der Waals surface area contributed by atoms with Gasteiger partial charge in [-0.2, -0.15) is 0 Å². The highest BCUT2D eigenvalue weighted by Crippen LogP contribution is 2.48. The molecule has 0 unspecified atom stereocenters. The number of carbonyl (C=O) groups is 2. The summed E-state index contributed by atoms with van der Waals surface area (Å²) in [4.78, 5) is 28.0. The van der Waals surface area contributed by atoms with E-state index in [4.69, 9.17) is 23.7 Å². The number of aliphatic hydroxyl groups is 1. The van der Waals surface area contributed by atoms with E-state index in [1.807, 2.05) is 0 Å². The Morgan fingerprint density at radius 3 is 2.27 bits per heavy atom. The van der Waals surface area contributed by atoms with Crippen molar-refractivity contribution in [2.75, 3.05) is 39.4 Å². The largest absolute Gasteiger partial charge is 0.507 e. The molecule has 0 radical (unpaired) electrons. The number of anilines is 1. The molecule has 1 atom stereocenters. The molecule has 0 aliphatic carbocycles. The summed E-state index contributed by atoms with van der Waals surface area (Å²) in [6.07, 6.45) is 0. The summed E-state index contributed by atoms with van der Waals surface area (Å²) in [6, 6.07) is 6.98. The van der Waals surface area contributed by atoms with Crippen molar-refractivity contribution in [1.82, 2.24) is 10.2 Å². The number of nitrogens with zero attached hydrogens (tertiary/aromatic N) is 3. The first-order chi connectivity index (χ1) is 17.9. The average Bonchev–Trinajstić information content (AvgIpc) is 3.46. The fourth-order valence-electron chi connectivity index (χ4n) is 4.33. The van der Waals surface area contributed by atoms with Gasteiger partial charge >= 0.3 is 5.91 Å². The van der Waals surface area contributed by atoms with Crippen LogP contribution in [0.3, 0.4) is 0 Å². The second-order valence-corrected chi connectivity index (χ2v) is 9.25. The van der Waals surface area contributed by atoms with Gasteiger partial charge in [0.15, 0.2) is 23.0 Å². The van der Waals surface area contributed by atoms with Crippen LogP contribution in [-0.4, -0.2) is 61.5 Å². The molecule has 1 amide bonds. The van der Waals surface area contributed by atoms with Crippen molar-refractivity contribution in [3.63, 3.8) is 0 Å². The normalized spacial score (nSPS) is 18.2. The fraction of sp³-hybridized carbons (Fsp3) is 0.280. The minimum Gasteiger partial charge on any atom is -0.507 e. The van der Waals surface area contributed by atoms with Gasteiger partial charge in [0.2, 0.25) is 10.9 Å². The highest BCUT2D eigenvalue weighted by Gasteiger charge is 2.49. The zero-order chi connectivity index (χ0) is 26.3. The van der Waals surface area contributed by atoms with Gasteiger partial charge in [-0.25, -0.2) is 0 Å². The number of ketones is 1. The van der Waals surface area contributed by atoms with Crippen LogP contribution in [0.25, 0.3) is 5.76 Å². The number of fused-ring (bicyclic) bond motifs is 1. The number of methoxy groups -OCH3 is 3. The first-order valence-corrected chi connectivity index (χ1v) is 12.0. The molecule has 2 aliphatic heterocycles. The summed E-state index contributed by atoms with van der Waals surface area (Å²) >= 11 is 1.15. The maximum Gasteiger partial charge on any atom is 0.301 e. The van der Waals surface area contributed by atoms with Crippen LogP contribution in [0.2, 0.25) is 0 Å². The third-order valence-corrected chi connectivity index (χ3v) is 6.82. The van der Waals surface area contributed by atoms with Crippen LogP contribution in [0, 0.1) is 6.92 Å². The smallest absolute Gasteiger partial charge is 0.301 e. The lowest BCUT2D eigenvalue weighted by atomic mass is 9.94. The van der Waals surface area contributed by atoms with E-state index in [1.54, 1.807) is 37.3 Å². The van der Waals surface area contributed by atoms with Gasteiger partial charge in [-0.1, -0.05) is 11.3 Å². The van der Waals surface area contributed by atoms with Crippen molar-refractivity contribution >= 4 is 33.9 Å². The predicted molar refractivity (Wildman–Crippen MR) is 133 cm³/mol. The monoisotopic (exact) mass is 525 g/mol. The first-order valence-electron chi connectivity index (χ1n) is 11.2. The third kappa shape index (κ3) is 4.08. The van der Waals surface area contributed by atoms with Gasteiger partial charge in [0, 0.05) is 5.56 Å². The van der Waals surface area contributed by atoms with E-state index in [1.165, 1.54) is 26.2 Å². The third-order valence-electron chi connectivity index (χ3n) is 5.98. The Kier molecular flexibility index (Phi) is 6.34. The Balaban J connectivity index is 1.74. The highest BCUT2D eigenvalue weighted by molar-refractivity contribution is 7.15. The van der Waals surface area contributed by atoms with Crippen LogP contribution >= 0.6 is 11.3 Å². The molecule has 0 spiro atoms. The van der Waals surface area contributed by atoms with E-state index in [2.05, 4.69) is 10.2 Å². The Labute approximate surface area is 215 Å². The average molecular weight is 526 g/mol. The van der Waals surface area contributed by atoms with Crippen molar-refractivity contribution in [3.8, 4) is 28.7 Å². The zero-order valence-electron chi connectivity index (χ0n) is 20.4. The summed E-state index contributed by atoms with van der Waals surface area (Å²) in [5, 5.41) is 20.3. The second-order valence-electron chi connectivity index (χ2n) is 8.09. The number of aliphatic hydroxyl groups excluding tert-OH is 1. The number of ether oxygens (including phenoxy) is 5. The molecule has 0 bridgehead atoms. The molecule has 1 saturated heterocycles. The molecule has 1 fully saturated rings. The molecule has 12 heteroatoms. The number of rotatable bonds is 6. The first kappa shape index (κ1) is 24.4. The number of carbonyl (C=O) groups excluding carboxylic acids is 2. The lowest BCUT2D eigenvalue weighted by molar-refractivity contribution is -0.132. The van der Waals surface area contributed by atoms with Crippen LogP contribution in [0.15, 0.2) is 35.9 Å². The maximum absolute atomic E-state index is 13.4. The van der Waals surface area contributed by atoms with E-state index in [0.717, 1.165) is 11.3 Å². The SMILES string of the molecule is COc1cc([C@@H]2C(=C(O)c3ccc4c(c3)OCCO4)C(=O)C(=O)N2c2nnc(C)s2)cc(OC)c1OC. The van der Waals surface area contributed by atoms with E-state index < -0.39 is 17.7 Å². The Hall–Kier alpha value is -4.32. The van der Waals surface area contributed by atoms with Crippen LogP contribution < -0.4 is 28.6 Å². The lowest BCUT2D eigenvalue weighted by Crippen LogP contribution is -2.29. The molecule has 2 aromatic carbocycles. The highest BCUT2D eigenvalue weighted by atomic mass is 32.1. The Bertz CT molecular complexity index is 1410. The van der Waals surface area contributed by atoms with Gasteiger partial charge in [-0.05, 0) is 42.8 Å². The molecule has 2 aliphatic rings. The maximum atomic E-state index is 13.4. The molecule has 5 rings (SSSR count). The van der Waals surface area contributed by atoms with Gasteiger partial charge in [0.1, 0.15) is 24.0 Å². The predicted octanol–water partition coefficient (Wildman–Crippen LogP) is 3.27. The Morgan fingerprint density at radius 2 is 1.68 bits per heavy atom. The van der Waals surface area contributed by atoms with Crippen LogP contribution in [-0.2, 0) is 9.59 Å². The number of hydrogen-bond donors (Lipinski definition) is 1. The standard InChI is InChI=1S/C25H23N3O8S/c1-12-26-27-25(37-12)28-20(14-10-17(32-2)23(34-4)18(11-14)33-3)19(22(30)24(28)31)21(29)13-5-6-15-16(9-13)36-8-7-35-15/h5-6,9-11,20,29H,7-8H2,1-4H3/t20-/m1/s1. The van der Waals surface area contributed by atoms with Gasteiger partial charge in [-0.15, -0.1) is 10.2 Å². The number of aromatic nitrogens is 2. The van der Waals surface area contributed by atoms with Crippen molar-refractivity contribution in [3.05, 3.63) is 52.0 Å². The van der Waals surface area contributed by atoms with Gasteiger partial charge in [0.25, 0.3) is 5.78 Å². The van der Waals surface area contributed by atoms with Crippen molar-refractivity contribution < 1.29 is 38.4 Å². The number of Topliss-reactive ketones (excluding diaryl/α,β-unsaturated/α-hetero) is 1. The molecule has 3 aromatic rings. The topological polar surface area (TPSA) is 130 Å². The van der Waals surface area contributed by atoms with Crippen LogP contribution in [0.4, 0.5) is 5.13 Å². The fourth-order valence-corrected chi connectivity index (χ4v) is 5.05. The molecule has 3 heterocycles. The summed E-state index contributed by atoms with van der Waals surface area (Å²) in [6.45, 7) is 2.50. The quantitative estimate of drug-likeness (QED) is 0.291. The molecule has 11 nitrogen and oxygen atoms in total. The van der Waals surface area contributed by atoms with E-state index in [0.29, 0.717) is 52.5 Å². The van der Waals surface area contributed by atoms with Gasteiger partial charge < -0.3 is 28.8 Å². The second kappa shape index (κ2) is 9.62. The number of aryl methyl sites for hydroxylation is 1. The number of amides is 1. The summed E-state index contributed by atoms with van der Waals surface area (Å²) in [5.41, 5.74) is 0.581. The minimum atomic E-state index is -1.06. The van der Waals surface area contributed by atoms with Gasteiger partial charge in [0.05, 0.1) is 32.9 Å². The molecule has 1 N–H and O–H groups in total. The molecular weight excluding hydrogens is 502 g/mol. The lowest BCUT2D eigenvalue weighted by Gasteiger charge is -2.24. The molecule has 37 heavy (non-hydrogen) atoms. The van der Waals surface area contributed by atoms with Crippen molar-refractivity contribution in [2.24, 2.45) is 0 Å². The van der Waals surface area contributed by atoms with Crippen molar-refractivity contribution in [1.29, 1.82) is 0 Å². The van der Waals surface area contributed by atoms with Gasteiger partial charge in [-0.3, -0.25) is 14.5 Å². The number of benzene rings is 2. The Morgan fingerprint density at radius 1 is 1.00 bits per heavy atom. The van der Waals surface area contributed by atoms with Crippen LogP contribution in [0.1, 0.15) is 22.2 Å². The van der Waals surface area contributed by atoms with Crippen LogP contribution in [0.5, 0.6) is 28.7 Å². The zero-order valence-corrected chi connectivity index (χ0v) is 21.2. The molecule has 0 saturated carbocycles.